The first-order valence-corrected chi connectivity index (χ1v) is 8.36. The topological polar surface area (TPSA) is 88.3 Å². The van der Waals surface area contributed by atoms with E-state index in [1.54, 1.807) is 12.1 Å². The van der Waals surface area contributed by atoms with E-state index in [2.05, 4.69) is 15.5 Å². The highest BCUT2D eigenvalue weighted by atomic mass is 19.2. The molecule has 1 aliphatic heterocycles. The van der Waals surface area contributed by atoms with Crippen LogP contribution in [0.4, 0.5) is 13.6 Å². The molecular formula is C19H14F2N4O3. The number of hydrogen-bond donors (Lipinski definition) is 1. The fourth-order valence-corrected chi connectivity index (χ4v) is 3.00. The van der Waals surface area contributed by atoms with Crippen molar-refractivity contribution in [2.24, 2.45) is 0 Å². The molecule has 0 radical (unpaired) electrons. The van der Waals surface area contributed by atoms with Gasteiger partial charge in [-0.1, -0.05) is 41.6 Å². The summed E-state index contributed by atoms with van der Waals surface area (Å²) in [5, 5.41) is 6.36. The molecule has 142 valence electrons. The van der Waals surface area contributed by atoms with Gasteiger partial charge in [0.1, 0.15) is 12.1 Å². The van der Waals surface area contributed by atoms with Crippen molar-refractivity contribution in [2.45, 2.75) is 19.0 Å². The van der Waals surface area contributed by atoms with Gasteiger partial charge in [-0.25, -0.2) is 13.6 Å². The van der Waals surface area contributed by atoms with Gasteiger partial charge in [-0.2, -0.15) is 4.98 Å². The first kappa shape index (κ1) is 17.8. The normalized spacial score (nSPS) is 19.2. The van der Waals surface area contributed by atoms with Gasteiger partial charge < -0.3 is 9.84 Å². The Morgan fingerprint density at radius 1 is 1.11 bits per heavy atom. The average Bonchev–Trinajstić information content (AvgIpc) is 3.24. The monoisotopic (exact) mass is 384 g/mol. The predicted octanol–water partition coefficient (Wildman–Crippen LogP) is 2.98. The Hall–Kier alpha value is -3.62. The van der Waals surface area contributed by atoms with Crippen LogP contribution in [0.2, 0.25) is 0 Å². The standard InChI is InChI=1S/C19H14F2N4O3/c1-19(12-7-8-13(20)14(21)9-12)17(26)25(18(27)23-19)10-15-22-16(24-28-15)11-5-3-2-4-6-11/h2-9H,10H2,1H3,(H,23,27). The van der Waals surface area contributed by atoms with Crippen LogP contribution in [0.3, 0.4) is 0 Å². The number of urea groups is 1. The van der Waals surface area contributed by atoms with E-state index < -0.39 is 29.1 Å². The van der Waals surface area contributed by atoms with E-state index in [-0.39, 0.29) is 18.0 Å². The molecule has 0 saturated carbocycles. The van der Waals surface area contributed by atoms with Crippen LogP contribution >= 0.6 is 0 Å². The van der Waals surface area contributed by atoms with Crippen molar-refractivity contribution in [1.29, 1.82) is 0 Å². The van der Waals surface area contributed by atoms with Gasteiger partial charge in [0.05, 0.1) is 0 Å². The molecule has 0 aliphatic carbocycles. The van der Waals surface area contributed by atoms with Crippen LogP contribution in [0.25, 0.3) is 11.4 Å². The first-order valence-electron chi connectivity index (χ1n) is 8.36. The number of benzene rings is 2. The SMILES string of the molecule is CC1(c2ccc(F)c(F)c2)NC(=O)N(Cc2nc(-c3ccccc3)no2)C1=O. The van der Waals surface area contributed by atoms with Gasteiger partial charge in [-0.3, -0.25) is 9.69 Å². The van der Waals surface area contributed by atoms with Crippen molar-refractivity contribution in [1.82, 2.24) is 20.4 Å². The fraction of sp³-hybridized carbons (Fsp3) is 0.158. The minimum absolute atomic E-state index is 0.0666. The van der Waals surface area contributed by atoms with Crippen LogP contribution in [0.15, 0.2) is 53.1 Å². The molecule has 1 aliphatic rings. The first-order chi connectivity index (χ1) is 13.4. The number of imide groups is 1. The highest BCUT2D eigenvalue weighted by Crippen LogP contribution is 2.30. The number of halogens is 2. The van der Waals surface area contributed by atoms with Gasteiger partial charge in [0.25, 0.3) is 5.91 Å². The Bertz CT molecular complexity index is 1070. The van der Waals surface area contributed by atoms with Crippen LogP contribution in [0.5, 0.6) is 0 Å². The van der Waals surface area contributed by atoms with Gasteiger partial charge in [0.2, 0.25) is 11.7 Å². The molecule has 1 unspecified atom stereocenters. The van der Waals surface area contributed by atoms with E-state index in [4.69, 9.17) is 4.52 Å². The second-order valence-electron chi connectivity index (χ2n) is 6.45. The Labute approximate surface area is 158 Å². The summed E-state index contributed by atoms with van der Waals surface area (Å²) in [6.07, 6.45) is 0. The van der Waals surface area contributed by atoms with E-state index in [1.807, 2.05) is 18.2 Å². The molecule has 1 aromatic heterocycles. The van der Waals surface area contributed by atoms with E-state index in [0.717, 1.165) is 22.6 Å². The minimum atomic E-state index is -1.53. The summed E-state index contributed by atoms with van der Waals surface area (Å²) >= 11 is 0. The molecule has 0 bridgehead atoms. The van der Waals surface area contributed by atoms with Gasteiger partial charge in [0, 0.05) is 5.56 Å². The number of aromatic nitrogens is 2. The van der Waals surface area contributed by atoms with Crippen molar-refractivity contribution < 1.29 is 22.9 Å². The van der Waals surface area contributed by atoms with E-state index in [1.165, 1.54) is 13.0 Å². The van der Waals surface area contributed by atoms with Crippen LogP contribution < -0.4 is 5.32 Å². The van der Waals surface area contributed by atoms with Crippen molar-refractivity contribution in [3.05, 3.63) is 71.6 Å². The lowest BCUT2D eigenvalue weighted by molar-refractivity contribution is -0.131. The molecule has 1 fully saturated rings. The van der Waals surface area contributed by atoms with Gasteiger partial charge in [-0.15, -0.1) is 0 Å². The van der Waals surface area contributed by atoms with Crippen molar-refractivity contribution in [2.75, 3.05) is 0 Å². The number of carbonyl (C=O) groups is 2. The highest BCUT2D eigenvalue weighted by Gasteiger charge is 2.49. The quantitative estimate of drug-likeness (QED) is 0.699. The number of hydrogen-bond acceptors (Lipinski definition) is 5. The zero-order valence-corrected chi connectivity index (χ0v) is 14.6. The molecule has 1 N–H and O–H groups in total. The molecule has 1 saturated heterocycles. The summed E-state index contributed by atoms with van der Waals surface area (Å²) in [4.78, 5) is 30.3. The van der Waals surface area contributed by atoms with Crippen LogP contribution in [-0.2, 0) is 16.9 Å². The molecule has 4 rings (SSSR count). The summed E-state index contributed by atoms with van der Waals surface area (Å²) < 4.78 is 31.9. The van der Waals surface area contributed by atoms with Crippen molar-refractivity contribution >= 4 is 11.9 Å². The number of rotatable bonds is 4. The molecular weight excluding hydrogens is 370 g/mol. The van der Waals surface area contributed by atoms with Crippen LogP contribution in [0.1, 0.15) is 18.4 Å². The fourth-order valence-electron chi connectivity index (χ4n) is 3.00. The third-order valence-electron chi connectivity index (χ3n) is 4.57. The third-order valence-corrected chi connectivity index (χ3v) is 4.57. The molecule has 3 aromatic rings. The maximum atomic E-state index is 13.6. The highest BCUT2D eigenvalue weighted by molar-refractivity contribution is 6.07. The molecule has 2 heterocycles. The lowest BCUT2D eigenvalue weighted by Crippen LogP contribution is -2.41. The zero-order chi connectivity index (χ0) is 19.9. The van der Waals surface area contributed by atoms with Gasteiger partial charge in [-0.05, 0) is 24.6 Å². The molecule has 28 heavy (non-hydrogen) atoms. The van der Waals surface area contributed by atoms with Crippen LogP contribution in [-0.4, -0.2) is 27.0 Å². The number of carbonyl (C=O) groups excluding carboxylic acids is 2. The molecule has 1 atom stereocenters. The van der Waals surface area contributed by atoms with E-state index in [9.17, 15) is 18.4 Å². The largest absolute Gasteiger partial charge is 0.337 e. The molecule has 3 amide bonds. The third kappa shape index (κ3) is 2.90. The zero-order valence-electron chi connectivity index (χ0n) is 14.6. The summed E-state index contributed by atoms with van der Waals surface area (Å²) in [5.74, 6) is -2.39. The van der Waals surface area contributed by atoms with Crippen molar-refractivity contribution in [3.63, 3.8) is 0 Å². The summed E-state index contributed by atoms with van der Waals surface area (Å²) in [6.45, 7) is 1.17. The Kier molecular flexibility index (Phi) is 4.14. The molecule has 7 nitrogen and oxygen atoms in total. The molecule has 9 heteroatoms. The van der Waals surface area contributed by atoms with Gasteiger partial charge >= 0.3 is 6.03 Å². The lowest BCUT2D eigenvalue weighted by atomic mass is 9.92. The van der Waals surface area contributed by atoms with Crippen molar-refractivity contribution in [3.8, 4) is 11.4 Å². The lowest BCUT2D eigenvalue weighted by Gasteiger charge is -2.22. The Morgan fingerprint density at radius 3 is 2.57 bits per heavy atom. The second kappa shape index (κ2) is 6.52. The Morgan fingerprint density at radius 2 is 1.86 bits per heavy atom. The summed E-state index contributed by atoms with van der Waals surface area (Å²) in [5.41, 5.74) is -0.683. The van der Waals surface area contributed by atoms with E-state index in [0.29, 0.717) is 5.82 Å². The van der Waals surface area contributed by atoms with E-state index >= 15 is 0 Å². The Balaban J connectivity index is 1.58. The number of nitrogens with one attached hydrogen (secondary N) is 1. The maximum absolute atomic E-state index is 13.6. The average molecular weight is 384 g/mol. The minimum Gasteiger partial charge on any atom is -0.337 e. The number of nitrogens with zero attached hydrogens (tertiary/aromatic N) is 3. The second-order valence-corrected chi connectivity index (χ2v) is 6.45. The summed E-state index contributed by atoms with van der Waals surface area (Å²) in [6, 6.07) is 11.4. The summed E-state index contributed by atoms with van der Waals surface area (Å²) in [7, 11) is 0. The molecule has 2 aromatic carbocycles. The van der Waals surface area contributed by atoms with Crippen LogP contribution in [0, 0.1) is 11.6 Å². The maximum Gasteiger partial charge on any atom is 0.325 e. The smallest absolute Gasteiger partial charge is 0.325 e. The number of amides is 3. The molecule has 0 spiro atoms. The van der Waals surface area contributed by atoms with Gasteiger partial charge in [0.15, 0.2) is 11.6 Å². The predicted molar refractivity (Wildman–Crippen MR) is 92.5 cm³/mol.